The molecule has 0 bridgehead atoms. The molecule has 1 aliphatic rings. The summed E-state index contributed by atoms with van der Waals surface area (Å²) >= 11 is 0. The molecule has 5 nitrogen and oxygen atoms in total. The van der Waals surface area contributed by atoms with Crippen molar-refractivity contribution in [2.75, 3.05) is 32.8 Å². The number of ether oxygens (including phenoxy) is 3. The van der Waals surface area contributed by atoms with E-state index in [9.17, 15) is 4.79 Å². The summed E-state index contributed by atoms with van der Waals surface area (Å²) in [5, 5.41) is 0. The number of amides is 1. The molecule has 0 atom stereocenters. The average molecular weight is 353 g/mol. The summed E-state index contributed by atoms with van der Waals surface area (Å²) in [6.07, 6.45) is 5.26. The SMILES string of the molecule is COc1cc(/C=C/C(=O)N2CCCc3cc(OC)ccc32)cc(OC)c1. The normalized spacial score (nSPS) is 13.4. The summed E-state index contributed by atoms with van der Waals surface area (Å²) in [5.41, 5.74) is 2.94. The van der Waals surface area contributed by atoms with Crippen LogP contribution in [-0.4, -0.2) is 33.8 Å². The van der Waals surface area contributed by atoms with Crippen LogP contribution in [0.3, 0.4) is 0 Å². The Morgan fingerprint density at radius 3 is 2.31 bits per heavy atom. The van der Waals surface area contributed by atoms with E-state index >= 15 is 0 Å². The number of carbonyl (C=O) groups is 1. The van der Waals surface area contributed by atoms with Crippen LogP contribution >= 0.6 is 0 Å². The van der Waals surface area contributed by atoms with Crippen molar-refractivity contribution in [3.05, 3.63) is 53.6 Å². The highest BCUT2D eigenvalue weighted by atomic mass is 16.5. The molecule has 0 radical (unpaired) electrons. The van der Waals surface area contributed by atoms with E-state index in [-0.39, 0.29) is 5.91 Å². The van der Waals surface area contributed by atoms with E-state index in [2.05, 4.69) is 0 Å². The summed E-state index contributed by atoms with van der Waals surface area (Å²) in [4.78, 5) is 14.6. The van der Waals surface area contributed by atoms with E-state index in [4.69, 9.17) is 14.2 Å². The zero-order valence-electron chi connectivity index (χ0n) is 15.3. The molecule has 1 heterocycles. The summed E-state index contributed by atoms with van der Waals surface area (Å²) in [6, 6.07) is 11.4. The Morgan fingerprint density at radius 1 is 0.962 bits per heavy atom. The number of aryl methyl sites for hydroxylation is 1. The second-order valence-electron chi connectivity index (χ2n) is 6.07. The highest BCUT2D eigenvalue weighted by Gasteiger charge is 2.21. The molecule has 0 saturated heterocycles. The molecular formula is C21H23NO4. The molecule has 136 valence electrons. The van der Waals surface area contributed by atoms with Gasteiger partial charge in [-0.3, -0.25) is 4.79 Å². The third-order valence-corrected chi connectivity index (χ3v) is 4.46. The molecular weight excluding hydrogens is 330 g/mol. The molecule has 0 N–H and O–H groups in total. The van der Waals surface area contributed by atoms with E-state index < -0.39 is 0 Å². The minimum atomic E-state index is -0.0436. The second kappa shape index (κ2) is 7.95. The highest BCUT2D eigenvalue weighted by Crippen LogP contribution is 2.31. The molecule has 0 spiro atoms. The standard InChI is InChI=1S/C21H23NO4/c1-24-17-7-8-20-16(13-17)5-4-10-22(20)21(23)9-6-15-11-18(25-2)14-19(12-15)26-3/h6-9,11-14H,4-5,10H2,1-3H3/b9-6+. The van der Waals surface area contributed by atoms with Crippen molar-refractivity contribution in [3.8, 4) is 17.2 Å². The number of methoxy groups -OCH3 is 3. The smallest absolute Gasteiger partial charge is 0.250 e. The quantitative estimate of drug-likeness (QED) is 0.769. The molecule has 0 fully saturated rings. The fourth-order valence-electron chi connectivity index (χ4n) is 3.11. The predicted molar refractivity (Wildman–Crippen MR) is 102 cm³/mol. The lowest BCUT2D eigenvalue weighted by molar-refractivity contribution is -0.114. The van der Waals surface area contributed by atoms with Gasteiger partial charge in [0.2, 0.25) is 0 Å². The van der Waals surface area contributed by atoms with Crippen molar-refractivity contribution in [2.24, 2.45) is 0 Å². The lowest BCUT2D eigenvalue weighted by Gasteiger charge is -2.29. The van der Waals surface area contributed by atoms with E-state index in [0.717, 1.165) is 35.4 Å². The van der Waals surface area contributed by atoms with Gasteiger partial charge in [0.05, 0.1) is 21.3 Å². The van der Waals surface area contributed by atoms with Crippen molar-refractivity contribution in [1.82, 2.24) is 0 Å². The van der Waals surface area contributed by atoms with Gasteiger partial charge in [0.25, 0.3) is 5.91 Å². The average Bonchev–Trinajstić information content (AvgIpc) is 2.70. The lowest BCUT2D eigenvalue weighted by atomic mass is 10.0. The minimum absolute atomic E-state index is 0.0436. The van der Waals surface area contributed by atoms with E-state index in [0.29, 0.717) is 18.0 Å². The predicted octanol–water partition coefficient (Wildman–Crippen LogP) is 3.71. The maximum atomic E-state index is 12.7. The third kappa shape index (κ3) is 3.82. The number of fused-ring (bicyclic) bond motifs is 1. The highest BCUT2D eigenvalue weighted by molar-refractivity contribution is 6.04. The number of carbonyl (C=O) groups excluding carboxylic acids is 1. The van der Waals surface area contributed by atoms with Gasteiger partial charge in [-0.25, -0.2) is 0 Å². The maximum Gasteiger partial charge on any atom is 0.250 e. The molecule has 1 aliphatic heterocycles. The second-order valence-corrected chi connectivity index (χ2v) is 6.07. The van der Waals surface area contributed by atoms with Crippen LogP contribution in [0.5, 0.6) is 17.2 Å². The van der Waals surface area contributed by atoms with Crippen molar-refractivity contribution >= 4 is 17.7 Å². The van der Waals surface area contributed by atoms with Crippen LogP contribution in [0.2, 0.25) is 0 Å². The van der Waals surface area contributed by atoms with Gasteiger partial charge >= 0.3 is 0 Å². The molecule has 5 heteroatoms. The molecule has 1 amide bonds. The molecule has 2 aromatic rings. The van der Waals surface area contributed by atoms with Crippen LogP contribution < -0.4 is 19.1 Å². The van der Waals surface area contributed by atoms with Crippen molar-refractivity contribution < 1.29 is 19.0 Å². The Kier molecular flexibility index (Phi) is 5.46. The van der Waals surface area contributed by atoms with Gasteiger partial charge in [0.15, 0.2) is 0 Å². The van der Waals surface area contributed by atoms with Gasteiger partial charge in [0, 0.05) is 24.4 Å². The first-order chi connectivity index (χ1) is 12.6. The monoisotopic (exact) mass is 353 g/mol. The van der Waals surface area contributed by atoms with Gasteiger partial charge in [0.1, 0.15) is 17.2 Å². The molecule has 0 unspecified atom stereocenters. The fourth-order valence-corrected chi connectivity index (χ4v) is 3.11. The summed E-state index contributed by atoms with van der Waals surface area (Å²) in [6.45, 7) is 0.712. The Hall–Kier alpha value is -2.95. The molecule has 0 aromatic heterocycles. The first-order valence-electron chi connectivity index (χ1n) is 8.54. The van der Waals surface area contributed by atoms with Gasteiger partial charge in [-0.15, -0.1) is 0 Å². The first kappa shape index (κ1) is 17.9. The number of anilines is 1. The first-order valence-corrected chi connectivity index (χ1v) is 8.54. The van der Waals surface area contributed by atoms with Crippen molar-refractivity contribution in [3.63, 3.8) is 0 Å². The minimum Gasteiger partial charge on any atom is -0.497 e. The number of benzene rings is 2. The van der Waals surface area contributed by atoms with Gasteiger partial charge < -0.3 is 19.1 Å². The van der Waals surface area contributed by atoms with E-state index in [1.807, 2.05) is 35.2 Å². The Morgan fingerprint density at radius 2 is 1.65 bits per heavy atom. The Bertz CT molecular complexity index is 807. The van der Waals surface area contributed by atoms with Crippen LogP contribution in [0.25, 0.3) is 6.08 Å². The molecule has 0 saturated carbocycles. The van der Waals surface area contributed by atoms with E-state index in [1.165, 1.54) is 0 Å². The maximum absolute atomic E-state index is 12.7. The largest absolute Gasteiger partial charge is 0.497 e. The van der Waals surface area contributed by atoms with E-state index in [1.54, 1.807) is 39.5 Å². The summed E-state index contributed by atoms with van der Waals surface area (Å²) < 4.78 is 15.8. The third-order valence-electron chi connectivity index (χ3n) is 4.46. The van der Waals surface area contributed by atoms with Crippen molar-refractivity contribution in [1.29, 1.82) is 0 Å². The van der Waals surface area contributed by atoms with Gasteiger partial charge in [-0.05, 0) is 60.4 Å². The van der Waals surface area contributed by atoms with Crippen LogP contribution in [0.15, 0.2) is 42.5 Å². The van der Waals surface area contributed by atoms with Crippen LogP contribution in [0.4, 0.5) is 5.69 Å². The lowest BCUT2D eigenvalue weighted by Crippen LogP contribution is -2.34. The number of hydrogen-bond acceptors (Lipinski definition) is 4. The van der Waals surface area contributed by atoms with Crippen LogP contribution in [-0.2, 0) is 11.2 Å². The topological polar surface area (TPSA) is 48.0 Å². The fraction of sp³-hybridized carbons (Fsp3) is 0.286. The molecule has 26 heavy (non-hydrogen) atoms. The van der Waals surface area contributed by atoms with Gasteiger partial charge in [-0.2, -0.15) is 0 Å². The van der Waals surface area contributed by atoms with Crippen LogP contribution in [0.1, 0.15) is 17.5 Å². The Labute approximate surface area is 153 Å². The summed E-state index contributed by atoms with van der Waals surface area (Å²) in [5.74, 6) is 2.15. The number of rotatable bonds is 5. The van der Waals surface area contributed by atoms with Crippen molar-refractivity contribution in [2.45, 2.75) is 12.8 Å². The number of nitrogens with zero attached hydrogens (tertiary/aromatic N) is 1. The molecule has 2 aromatic carbocycles. The summed E-state index contributed by atoms with van der Waals surface area (Å²) in [7, 11) is 4.86. The van der Waals surface area contributed by atoms with Gasteiger partial charge in [-0.1, -0.05) is 0 Å². The Balaban J connectivity index is 1.82. The zero-order valence-corrected chi connectivity index (χ0v) is 15.3. The number of hydrogen-bond donors (Lipinski definition) is 0. The molecule has 0 aliphatic carbocycles. The van der Waals surface area contributed by atoms with Crippen LogP contribution in [0, 0.1) is 0 Å². The molecule has 3 rings (SSSR count). The zero-order chi connectivity index (χ0) is 18.5.